The van der Waals surface area contributed by atoms with E-state index in [2.05, 4.69) is 0 Å². The number of aliphatic hydroxyl groups is 1. The van der Waals surface area contributed by atoms with Crippen molar-refractivity contribution in [2.75, 3.05) is 19.7 Å². The maximum atomic E-state index is 13.4. The molecular weight excluding hydrogens is 212 g/mol. The Bertz CT molecular complexity index is 325. The molecule has 0 spiro atoms. The molecule has 0 radical (unpaired) electrons. The maximum Gasteiger partial charge on any atom is 0.134 e. The molecule has 1 rings (SSSR count). The van der Waals surface area contributed by atoms with Crippen LogP contribution in [0.5, 0.6) is 0 Å². The Balaban J connectivity index is 2.68. The molecular formula is C12H18F2NO+. The summed E-state index contributed by atoms with van der Waals surface area (Å²) >= 11 is 0. The Morgan fingerprint density at radius 3 is 2.56 bits per heavy atom. The third kappa shape index (κ3) is 3.87. The summed E-state index contributed by atoms with van der Waals surface area (Å²) < 4.78 is 26.1. The van der Waals surface area contributed by atoms with E-state index in [0.717, 1.165) is 23.9 Å². The molecule has 0 aliphatic carbocycles. The van der Waals surface area contributed by atoms with Crippen LogP contribution in [0.15, 0.2) is 18.2 Å². The lowest BCUT2D eigenvalue weighted by Gasteiger charge is -2.18. The largest absolute Gasteiger partial charge is 0.391 e. The summed E-state index contributed by atoms with van der Waals surface area (Å²) in [6.45, 7) is 4.07. The maximum absolute atomic E-state index is 13.4. The smallest absolute Gasteiger partial charge is 0.134 e. The first-order valence-electron chi connectivity index (χ1n) is 5.55. The Labute approximate surface area is 94.5 Å². The van der Waals surface area contributed by atoms with E-state index in [1.807, 2.05) is 6.92 Å². The molecule has 0 aromatic heterocycles. The number of nitrogens with one attached hydrogen (secondary N) is 1. The van der Waals surface area contributed by atoms with E-state index < -0.39 is 11.6 Å². The number of aliphatic hydroxyl groups excluding tert-OH is 1. The minimum absolute atomic E-state index is 0.0815. The number of rotatable bonds is 6. The van der Waals surface area contributed by atoms with Gasteiger partial charge in [-0.1, -0.05) is 6.92 Å². The second kappa shape index (κ2) is 6.55. The third-order valence-electron chi connectivity index (χ3n) is 2.52. The molecule has 2 N–H and O–H groups in total. The highest BCUT2D eigenvalue weighted by atomic mass is 19.1. The van der Waals surface area contributed by atoms with Gasteiger partial charge in [0.05, 0.1) is 13.2 Å². The molecule has 0 bridgehead atoms. The summed E-state index contributed by atoms with van der Waals surface area (Å²) in [4.78, 5) is 1.11. The van der Waals surface area contributed by atoms with Gasteiger partial charge in [0.2, 0.25) is 0 Å². The zero-order valence-corrected chi connectivity index (χ0v) is 9.47. The second-order valence-electron chi connectivity index (χ2n) is 3.89. The van der Waals surface area contributed by atoms with E-state index in [4.69, 9.17) is 5.11 Å². The van der Waals surface area contributed by atoms with Gasteiger partial charge in [-0.25, -0.2) is 8.78 Å². The highest BCUT2D eigenvalue weighted by Crippen LogP contribution is 2.07. The third-order valence-corrected chi connectivity index (χ3v) is 2.52. The number of halogens is 2. The van der Waals surface area contributed by atoms with E-state index >= 15 is 0 Å². The van der Waals surface area contributed by atoms with Crippen LogP contribution in [0.2, 0.25) is 0 Å². The van der Waals surface area contributed by atoms with Crippen LogP contribution in [0.25, 0.3) is 0 Å². The first-order chi connectivity index (χ1) is 7.67. The molecule has 0 saturated heterocycles. The van der Waals surface area contributed by atoms with Gasteiger partial charge in [-0.15, -0.1) is 0 Å². The quantitative estimate of drug-likeness (QED) is 0.740. The molecule has 4 heteroatoms. The molecule has 0 amide bonds. The first kappa shape index (κ1) is 13.1. The average molecular weight is 230 g/mol. The van der Waals surface area contributed by atoms with Crippen LogP contribution in [-0.2, 0) is 6.54 Å². The number of benzene rings is 1. The average Bonchev–Trinajstić information content (AvgIpc) is 2.23. The van der Waals surface area contributed by atoms with Crippen LogP contribution in [0, 0.1) is 11.6 Å². The molecule has 16 heavy (non-hydrogen) atoms. The Morgan fingerprint density at radius 1 is 1.25 bits per heavy atom. The standard InChI is InChI=1S/C12H17F2NO/c1-2-5-15(6-7-16)9-10-3-4-11(13)8-12(10)14/h3-4,8,16H,2,5-7,9H2,1H3/p+1. The molecule has 1 atom stereocenters. The van der Waals surface area contributed by atoms with Crippen molar-refractivity contribution in [3.63, 3.8) is 0 Å². The zero-order valence-electron chi connectivity index (χ0n) is 9.47. The van der Waals surface area contributed by atoms with Gasteiger partial charge in [0.15, 0.2) is 0 Å². The van der Waals surface area contributed by atoms with Crippen LogP contribution in [0.4, 0.5) is 8.78 Å². The van der Waals surface area contributed by atoms with Gasteiger partial charge in [-0.2, -0.15) is 0 Å². The number of hydrogen-bond acceptors (Lipinski definition) is 1. The van der Waals surface area contributed by atoms with Gasteiger partial charge in [0, 0.05) is 11.6 Å². The number of hydrogen-bond donors (Lipinski definition) is 2. The molecule has 2 nitrogen and oxygen atoms in total. The predicted octanol–water partition coefficient (Wildman–Crippen LogP) is 0.752. The van der Waals surface area contributed by atoms with Gasteiger partial charge in [0.25, 0.3) is 0 Å². The van der Waals surface area contributed by atoms with Crippen LogP contribution in [0.3, 0.4) is 0 Å². The van der Waals surface area contributed by atoms with Gasteiger partial charge in [-0.05, 0) is 18.6 Å². The molecule has 0 saturated carbocycles. The Hall–Kier alpha value is -1.00. The van der Waals surface area contributed by atoms with E-state index in [1.54, 1.807) is 0 Å². The lowest BCUT2D eigenvalue weighted by molar-refractivity contribution is -0.914. The SMILES string of the molecule is CCC[NH+](CCO)Cc1ccc(F)cc1F. The molecule has 0 heterocycles. The zero-order chi connectivity index (χ0) is 12.0. The highest BCUT2D eigenvalue weighted by molar-refractivity contribution is 5.17. The van der Waals surface area contributed by atoms with E-state index in [9.17, 15) is 8.78 Å². The van der Waals surface area contributed by atoms with Crippen molar-refractivity contribution in [2.45, 2.75) is 19.9 Å². The van der Waals surface area contributed by atoms with Crippen molar-refractivity contribution in [2.24, 2.45) is 0 Å². The second-order valence-corrected chi connectivity index (χ2v) is 3.89. The van der Waals surface area contributed by atoms with Crippen LogP contribution in [0.1, 0.15) is 18.9 Å². The molecule has 0 aliphatic heterocycles. The van der Waals surface area contributed by atoms with Crippen molar-refractivity contribution in [3.05, 3.63) is 35.4 Å². The number of quaternary nitrogens is 1. The highest BCUT2D eigenvalue weighted by Gasteiger charge is 2.11. The normalized spacial score (nSPS) is 12.8. The Kier molecular flexibility index (Phi) is 5.35. The fourth-order valence-electron chi connectivity index (χ4n) is 1.75. The summed E-state index contributed by atoms with van der Waals surface area (Å²) in [5, 5.41) is 8.88. The topological polar surface area (TPSA) is 24.7 Å². The van der Waals surface area contributed by atoms with E-state index in [1.165, 1.54) is 12.1 Å². The van der Waals surface area contributed by atoms with Crippen molar-refractivity contribution in [3.8, 4) is 0 Å². The van der Waals surface area contributed by atoms with Gasteiger partial charge in [0.1, 0.15) is 24.7 Å². The van der Waals surface area contributed by atoms with Gasteiger partial charge in [-0.3, -0.25) is 0 Å². The summed E-state index contributed by atoms with van der Waals surface area (Å²) in [7, 11) is 0. The molecule has 0 aliphatic rings. The molecule has 1 aromatic rings. The minimum Gasteiger partial charge on any atom is -0.391 e. The molecule has 1 aromatic carbocycles. The van der Waals surface area contributed by atoms with Crippen molar-refractivity contribution < 1.29 is 18.8 Å². The van der Waals surface area contributed by atoms with E-state index in [0.29, 0.717) is 18.7 Å². The van der Waals surface area contributed by atoms with Crippen molar-refractivity contribution in [1.29, 1.82) is 0 Å². The fraction of sp³-hybridized carbons (Fsp3) is 0.500. The Morgan fingerprint density at radius 2 is 2.00 bits per heavy atom. The van der Waals surface area contributed by atoms with Gasteiger partial charge < -0.3 is 10.0 Å². The van der Waals surface area contributed by atoms with Crippen molar-refractivity contribution in [1.82, 2.24) is 0 Å². The summed E-state index contributed by atoms with van der Waals surface area (Å²) in [6, 6.07) is 3.64. The lowest BCUT2D eigenvalue weighted by atomic mass is 10.2. The predicted molar refractivity (Wildman–Crippen MR) is 58.1 cm³/mol. The van der Waals surface area contributed by atoms with Crippen LogP contribution in [-0.4, -0.2) is 24.8 Å². The van der Waals surface area contributed by atoms with Crippen LogP contribution < -0.4 is 4.90 Å². The van der Waals surface area contributed by atoms with E-state index in [-0.39, 0.29) is 6.61 Å². The lowest BCUT2D eigenvalue weighted by Crippen LogP contribution is -3.11. The molecule has 0 fully saturated rings. The monoisotopic (exact) mass is 230 g/mol. The van der Waals surface area contributed by atoms with Gasteiger partial charge >= 0.3 is 0 Å². The fourth-order valence-corrected chi connectivity index (χ4v) is 1.75. The molecule has 1 unspecified atom stereocenters. The molecule has 90 valence electrons. The first-order valence-corrected chi connectivity index (χ1v) is 5.55. The summed E-state index contributed by atoms with van der Waals surface area (Å²) in [6.07, 6.45) is 0.970. The minimum atomic E-state index is -0.555. The summed E-state index contributed by atoms with van der Waals surface area (Å²) in [5.41, 5.74) is 0.498. The summed E-state index contributed by atoms with van der Waals surface area (Å²) in [5.74, 6) is -1.06. The van der Waals surface area contributed by atoms with Crippen LogP contribution >= 0.6 is 0 Å². The van der Waals surface area contributed by atoms with Crippen molar-refractivity contribution >= 4 is 0 Å².